The molecular formula is C15H23NO2S. The van der Waals surface area contributed by atoms with Gasteiger partial charge in [0.05, 0.1) is 7.11 Å². The lowest BCUT2D eigenvalue weighted by atomic mass is 9.75. The predicted molar refractivity (Wildman–Crippen MR) is 80.3 cm³/mol. The molecular weight excluding hydrogens is 258 g/mol. The van der Waals surface area contributed by atoms with Gasteiger partial charge in [-0.3, -0.25) is 4.21 Å². The van der Waals surface area contributed by atoms with Crippen LogP contribution in [0.5, 0.6) is 5.75 Å². The van der Waals surface area contributed by atoms with E-state index in [0.717, 1.165) is 36.6 Å². The van der Waals surface area contributed by atoms with Crippen LogP contribution in [0.4, 0.5) is 0 Å². The van der Waals surface area contributed by atoms with E-state index in [1.165, 1.54) is 5.56 Å². The fourth-order valence-electron chi connectivity index (χ4n) is 2.56. The molecule has 0 aromatic heterocycles. The first-order chi connectivity index (χ1) is 9.24. The lowest BCUT2D eigenvalue weighted by Gasteiger charge is -2.37. The largest absolute Gasteiger partial charge is 0.496 e. The highest BCUT2D eigenvalue weighted by atomic mass is 32.2. The predicted octanol–water partition coefficient (Wildman–Crippen LogP) is 2.30. The van der Waals surface area contributed by atoms with Crippen LogP contribution in [-0.2, 0) is 10.8 Å². The molecule has 0 radical (unpaired) electrons. The monoisotopic (exact) mass is 281 g/mol. The van der Waals surface area contributed by atoms with Crippen LogP contribution in [0.25, 0.3) is 0 Å². The number of methoxy groups -OCH3 is 1. The zero-order valence-corrected chi connectivity index (χ0v) is 12.5. The van der Waals surface area contributed by atoms with E-state index in [1.54, 1.807) is 7.11 Å². The van der Waals surface area contributed by atoms with Gasteiger partial charge in [0.2, 0.25) is 0 Å². The molecule has 1 atom stereocenters. The third-order valence-electron chi connectivity index (χ3n) is 3.80. The van der Waals surface area contributed by atoms with Crippen LogP contribution in [-0.4, -0.2) is 35.4 Å². The van der Waals surface area contributed by atoms with Gasteiger partial charge in [0.15, 0.2) is 0 Å². The zero-order valence-electron chi connectivity index (χ0n) is 11.7. The lowest BCUT2D eigenvalue weighted by molar-refractivity contribution is 0.288. The molecule has 106 valence electrons. The van der Waals surface area contributed by atoms with Crippen molar-refractivity contribution in [3.05, 3.63) is 29.8 Å². The molecule has 1 aromatic carbocycles. The van der Waals surface area contributed by atoms with Crippen molar-refractivity contribution in [2.24, 2.45) is 0 Å². The Morgan fingerprint density at radius 1 is 1.37 bits per heavy atom. The third kappa shape index (κ3) is 3.80. The van der Waals surface area contributed by atoms with Crippen LogP contribution in [0.3, 0.4) is 0 Å². The van der Waals surface area contributed by atoms with Crippen LogP contribution in [0, 0.1) is 0 Å². The summed E-state index contributed by atoms with van der Waals surface area (Å²) in [6.07, 6.45) is 2.30. The van der Waals surface area contributed by atoms with Crippen LogP contribution in [0.1, 0.15) is 31.2 Å². The number of para-hydroxylation sites is 1. The molecule has 1 unspecified atom stereocenters. The Labute approximate surface area is 118 Å². The maximum absolute atomic E-state index is 11.3. The van der Waals surface area contributed by atoms with E-state index in [4.69, 9.17) is 4.74 Å². The number of ether oxygens (including phenoxy) is 1. The molecule has 0 spiro atoms. The van der Waals surface area contributed by atoms with Crippen LogP contribution < -0.4 is 10.1 Å². The van der Waals surface area contributed by atoms with Crippen molar-refractivity contribution in [1.82, 2.24) is 5.32 Å². The number of hydrogen-bond donors (Lipinski definition) is 1. The first kappa shape index (κ1) is 14.5. The molecule has 1 aliphatic rings. The lowest BCUT2D eigenvalue weighted by Crippen LogP contribution is -2.41. The van der Waals surface area contributed by atoms with Gasteiger partial charge >= 0.3 is 0 Å². The molecule has 0 saturated heterocycles. The molecule has 19 heavy (non-hydrogen) atoms. The van der Waals surface area contributed by atoms with E-state index < -0.39 is 10.8 Å². The Hall–Kier alpha value is -0.870. The van der Waals surface area contributed by atoms with Crippen molar-refractivity contribution in [3.63, 3.8) is 0 Å². The van der Waals surface area contributed by atoms with Crippen LogP contribution in [0.15, 0.2) is 24.3 Å². The van der Waals surface area contributed by atoms with Crippen molar-refractivity contribution in [3.8, 4) is 5.75 Å². The smallest absolute Gasteiger partial charge is 0.122 e. The Bertz CT molecular complexity index is 430. The number of rotatable bonds is 7. The van der Waals surface area contributed by atoms with Gasteiger partial charge in [0.1, 0.15) is 5.75 Å². The normalized spacial score (nSPS) is 23.7. The molecule has 1 aliphatic carbocycles. The number of benzene rings is 1. The minimum absolute atomic E-state index is 0.573. The van der Waals surface area contributed by atoms with Gasteiger partial charge < -0.3 is 10.1 Å². The highest BCUT2D eigenvalue weighted by molar-refractivity contribution is 7.84. The fourth-order valence-corrected chi connectivity index (χ4v) is 3.20. The van der Waals surface area contributed by atoms with Gasteiger partial charge in [-0.1, -0.05) is 25.1 Å². The Kier molecular flexibility index (Phi) is 5.40. The van der Waals surface area contributed by atoms with E-state index >= 15 is 0 Å². The highest BCUT2D eigenvalue weighted by Gasteiger charge is 2.31. The molecule has 0 heterocycles. The summed E-state index contributed by atoms with van der Waals surface area (Å²) in [6.45, 7) is 2.83. The van der Waals surface area contributed by atoms with Gasteiger partial charge in [0.25, 0.3) is 0 Å². The summed E-state index contributed by atoms with van der Waals surface area (Å²) in [5.74, 6) is 3.13. The summed E-state index contributed by atoms with van der Waals surface area (Å²) in [5, 5.41) is 3.49. The third-order valence-corrected chi connectivity index (χ3v) is 5.10. The Balaban J connectivity index is 1.75. The van der Waals surface area contributed by atoms with Gasteiger partial charge in [-0.2, -0.15) is 0 Å². The number of hydrogen-bond acceptors (Lipinski definition) is 3. The van der Waals surface area contributed by atoms with Crippen molar-refractivity contribution in [2.75, 3.05) is 25.2 Å². The van der Waals surface area contributed by atoms with Crippen molar-refractivity contribution in [2.45, 2.75) is 31.7 Å². The summed E-state index contributed by atoms with van der Waals surface area (Å²) in [5.41, 5.74) is 1.32. The first-order valence-corrected chi connectivity index (χ1v) is 8.44. The first-order valence-electron chi connectivity index (χ1n) is 6.95. The second-order valence-corrected chi connectivity index (χ2v) is 6.86. The van der Waals surface area contributed by atoms with E-state index in [1.807, 2.05) is 19.1 Å². The number of nitrogens with one attached hydrogen (secondary N) is 1. The minimum Gasteiger partial charge on any atom is -0.496 e. The van der Waals surface area contributed by atoms with Crippen LogP contribution >= 0.6 is 0 Å². The molecule has 1 aromatic rings. The average Bonchev–Trinajstić information content (AvgIpc) is 2.41. The molecule has 0 amide bonds. The summed E-state index contributed by atoms with van der Waals surface area (Å²) < 4.78 is 16.7. The zero-order chi connectivity index (χ0) is 13.7. The highest BCUT2D eigenvalue weighted by Crippen LogP contribution is 2.40. The average molecular weight is 281 g/mol. The van der Waals surface area contributed by atoms with Gasteiger partial charge in [-0.15, -0.1) is 0 Å². The second kappa shape index (κ2) is 7.06. The van der Waals surface area contributed by atoms with E-state index in [2.05, 4.69) is 17.4 Å². The Morgan fingerprint density at radius 3 is 2.79 bits per heavy atom. The Morgan fingerprint density at radius 2 is 2.11 bits per heavy atom. The standard InChI is InChI=1S/C15H23NO2S/c1-3-19(17)9-8-16-13-10-12(11-13)14-6-4-5-7-15(14)18-2/h4-7,12-13,16H,3,8-11H2,1-2H3. The quantitative estimate of drug-likeness (QED) is 0.833. The SMILES string of the molecule is CCS(=O)CCNC1CC(c2ccccc2OC)C1. The molecule has 1 saturated carbocycles. The summed E-state index contributed by atoms with van der Waals surface area (Å²) in [4.78, 5) is 0. The maximum Gasteiger partial charge on any atom is 0.122 e. The summed E-state index contributed by atoms with van der Waals surface area (Å²) in [6, 6.07) is 8.84. The fraction of sp³-hybridized carbons (Fsp3) is 0.600. The second-order valence-electron chi connectivity index (χ2n) is 4.99. The minimum atomic E-state index is -0.654. The molecule has 0 bridgehead atoms. The molecule has 0 aliphatic heterocycles. The van der Waals surface area contributed by atoms with Crippen molar-refractivity contribution in [1.29, 1.82) is 0 Å². The molecule has 2 rings (SSSR count). The van der Waals surface area contributed by atoms with E-state index in [-0.39, 0.29) is 0 Å². The molecule has 1 fully saturated rings. The molecule has 4 heteroatoms. The van der Waals surface area contributed by atoms with Crippen molar-refractivity contribution < 1.29 is 8.95 Å². The molecule has 1 N–H and O–H groups in total. The molecule has 3 nitrogen and oxygen atoms in total. The van der Waals surface area contributed by atoms with E-state index in [9.17, 15) is 4.21 Å². The van der Waals surface area contributed by atoms with E-state index in [0.29, 0.717) is 12.0 Å². The van der Waals surface area contributed by atoms with Gasteiger partial charge in [-0.05, 0) is 30.4 Å². The topological polar surface area (TPSA) is 38.3 Å². The maximum atomic E-state index is 11.3. The van der Waals surface area contributed by atoms with Gasteiger partial charge in [0, 0.05) is 34.9 Å². The summed E-state index contributed by atoms with van der Waals surface area (Å²) in [7, 11) is 1.08. The van der Waals surface area contributed by atoms with Crippen molar-refractivity contribution >= 4 is 10.8 Å². The summed E-state index contributed by atoms with van der Waals surface area (Å²) >= 11 is 0. The van der Waals surface area contributed by atoms with Gasteiger partial charge in [-0.25, -0.2) is 0 Å². The van der Waals surface area contributed by atoms with Crippen LogP contribution in [0.2, 0.25) is 0 Å².